The van der Waals surface area contributed by atoms with Crippen LogP contribution < -0.4 is 0 Å². The van der Waals surface area contributed by atoms with Crippen LogP contribution in [0.5, 0.6) is 0 Å². The standard InChI is InChI=1S/C10H7Cl2N/c11-5-7-1-2-10-8(3-7)4-9(12)6-13-10/h1-4,6H,5H2. The van der Waals surface area contributed by atoms with E-state index in [1.807, 2.05) is 24.3 Å². The lowest BCUT2D eigenvalue weighted by molar-refractivity contribution is 1.37. The summed E-state index contributed by atoms with van der Waals surface area (Å²) < 4.78 is 0. The lowest BCUT2D eigenvalue weighted by Gasteiger charge is -1.99. The number of hydrogen-bond acceptors (Lipinski definition) is 1. The smallest absolute Gasteiger partial charge is 0.0703 e. The van der Waals surface area contributed by atoms with Gasteiger partial charge in [0, 0.05) is 17.5 Å². The Labute approximate surface area is 86.3 Å². The molecule has 2 rings (SSSR count). The van der Waals surface area contributed by atoms with Gasteiger partial charge in [-0.3, -0.25) is 4.98 Å². The highest BCUT2D eigenvalue weighted by molar-refractivity contribution is 6.31. The van der Waals surface area contributed by atoms with Crippen molar-refractivity contribution in [3.63, 3.8) is 0 Å². The molecule has 0 radical (unpaired) electrons. The first-order valence-electron chi connectivity index (χ1n) is 3.90. The van der Waals surface area contributed by atoms with Crippen LogP contribution in [-0.2, 0) is 5.88 Å². The third-order valence-electron chi connectivity index (χ3n) is 1.87. The molecule has 1 heterocycles. The summed E-state index contributed by atoms with van der Waals surface area (Å²) in [5, 5.41) is 1.69. The minimum Gasteiger partial charge on any atom is -0.255 e. The lowest BCUT2D eigenvalue weighted by atomic mass is 10.1. The summed E-state index contributed by atoms with van der Waals surface area (Å²) in [7, 11) is 0. The number of alkyl halides is 1. The highest BCUT2D eigenvalue weighted by Gasteiger charge is 1.97. The molecular formula is C10H7Cl2N. The second-order valence-electron chi connectivity index (χ2n) is 2.81. The summed E-state index contributed by atoms with van der Waals surface area (Å²) in [6.45, 7) is 0. The van der Waals surface area contributed by atoms with E-state index in [1.54, 1.807) is 6.20 Å². The normalized spacial score (nSPS) is 10.6. The quantitative estimate of drug-likeness (QED) is 0.657. The van der Waals surface area contributed by atoms with Crippen LogP contribution in [0.1, 0.15) is 5.56 Å². The number of fused-ring (bicyclic) bond motifs is 1. The monoisotopic (exact) mass is 211 g/mol. The molecule has 0 N–H and O–H groups in total. The molecule has 0 fully saturated rings. The SMILES string of the molecule is ClCc1ccc2ncc(Cl)cc2c1. The molecule has 13 heavy (non-hydrogen) atoms. The Balaban J connectivity index is 2.68. The maximum absolute atomic E-state index is 5.82. The van der Waals surface area contributed by atoms with Gasteiger partial charge in [-0.25, -0.2) is 0 Å². The van der Waals surface area contributed by atoms with E-state index in [1.165, 1.54) is 0 Å². The molecule has 0 unspecified atom stereocenters. The first-order chi connectivity index (χ1) is 6.29. The van der Waals surface area contributed by atoms with Crippen LogP contribution in [0, 0.1) is 0 Å². The van der Waals surface area contributed by atoms with Crippen LogP contribution in [0.4, 0.5) is 0 Å². The zero-order valence-corrected chi connectivity index (χ0v) is 8.31. The fourth-order valence-corrected chi connectivity index (χ4v) is 1.57. The molecular weight excluding hydrogens is 205 g/mol. The molecule has 66 valence electrons. The molecule has 1 nitrogen and oxygen atoms in total. The number of nitrogens with zero attached hydrogens (tertiary/aromatic N) is 1. The highest BCUT2D eigenvalue weighted by Crippen LogP contribution is 2.18. The van der Waals surface area contributed by atoms with Crippen molar-refractivity contribution in [1.29, 1.82) is 0 Å². The molecule has 0 amide bonds. The molecule has 0 atom stereocenters. The third-order valence-corrected chi connectivity index (χ3v) is 2.38. The zero-order chi connectivity index (χ0) is 9.26. The van der Waals surface area contributed by atoms with Crippen molar-refractivity contribution in [2.75, 3.05) is 0 Å². The molecule has 0 bridgehead atoms. The fraction of sp³-hybridized carbons (Fsp3) is 0.100. The predicted molar refractivity (Wildman–Crippen MR) is 56.3 cm³/mol. The van der Waals surface area contributed by atoms with Crippen molar-refractivity contribution < 1.29 is 0 Å². The van der Waals surface area contributed by atoms with Gasteiger partial charge in [0.25, 0.3) is 0 Å². The van der Waals surface area contributed by atoms with E-state index in [4.69, 9.17) is 23.2 Å². The molecule has 1 aromatic heterocycles. The van der Waals surface area contributed by atoms with Gasteiger partial charge in [0.15, 0.2) is 0 Å². The second-order valence-corrected chi connectivity index (χ2v) is 3.52. The average molecular weight is 212 g/mol. The number of halogens is 2. The van der Waals surface area contributed by atoms with Gasteiger partial charge >= 0.3 is 0 Å². The topological polar surface area (TPSA) is 12.9 Å². The Hall–Kier alpha value is -0.790. The van der Waals surface area contributed by atoms with Crippen molar-refractivity contribution in [2.24, 2.45) is 0 Å². The number of aromatic nitrogens is 1. The van der Waals surface area contributed by atoms with Crippen molar-refractivity contribution in [3.05, 3.63) is 41.0 Å². The largest absolute Gasteiger partial charge is 0.255 e. The molecule has 0 aliphatic heterocycles. The molecule has 0 saturated carbocycles. The summed E-state index contributed by atoms with van der Waals surface area (Å²) in [5.74, 6) is 0.516. The van der Waals surface area contributed by atoms with Crippen LogP contribution in [0.2, 0.25) is 5.02 Å². The molecule has 0 aliphatic rings. The Morgan fingerprint density at radius 3 is 2.85 bits per heavy atom. The van der Waals surface area contributed by atoms with Crippen LogP contribution in [-0.4, -0.2) is 4.98 Å². The van der Waals surface area contributed by atoms with Gasteiger partial charge in [-0.05, 0) is 23.8 Å². The van der Waals surface area contributed by atoms with Gasteiger partial charge in [-0.15, -0.1) is 11.6 Å². The van der Waals surface area contributed by atoms with E-state index >= 15 is 0 Å². The van der Waals surface area contributed by atoms with E-state index in [2.05, 4.69) is 4.98 Å². The van der Waals surface area contributed by atoms with Crippen LogP contribution in [0.25, 0.3) is 10.9 Å². The van der Waals surface area contributed by atoms with E-state index < -0.39 is 0 Å². The van der Waals surface area contributed by atoms with Crippen molar-refractivity contribution in [1.82, 2.24) is 4.98 Å². The average Bonchev–Trinajstić information content (AvgIpc) is 2.16. The van der Waals surface area contributed by atoms with E-state index in [9.17, 15) is 0 Å². The van der Waals surface area contributed by atoms with Gasteiger partial charge in [0.05, 0.1) is 10.5 Å². The molecule has 0 saturated heterocycles. The number of pyridine rings is 1. The van der Waals surface area contributed by atoms with E-state index in [0.717, 1.165) is 16.5 Å². The Bertz CT molecular complexity index is 440. The van der Waals surface area contributed by atoms with E-state index in [0.29, 0.717) is 10.9 Å². The van der Waals surface area contributed by atoms with Gasteiger partial charge in [0.1, 0.15) is 0 Å². The summed E-state index contributed by atoms with van der Waals surface area (Å²) in [5.41, 5.74) is 2.02. The molecule has 0 aliphatic carbocycles. The third kappa shape index (κ3) is 1.77. The second kappa shape index (κ2) is 3.52. The predicted octanol–water partition coefficient (Wildman–Crippen LogP) is 3.63. The van der Waals surface area contributed by atoms with Gasteiger partial charge in [-0.1, -0.05) is 17.7 Å². The highest BCUT2D eigenvalue weighted by atomic mass is 35.5. The molecule has 0 spiro atoms. The number of benzene rings is 1. The van der Waals surface area contributed by atoms with Crippen LogP contribution in [0.3, 0.4) is 0 Å². The molecule has 3 heteroatoms. The first-order valence-corrected chi connectivity index (χ1v) is 4.81. The first kappa shape index (κ1) is 8.79. The zero-order valence-electron chi connectivity index (χ0n) is 6.80. The Morgan fingerprint density at radius 1 is 1.23 bits per heavy atom. The minimum atomic E-state index is 0.516. The summed E-state index contributed by atoms with van der Waals surface area (Å²) in [6.07, 6.45) is 1.64. The van der Waals surface area contributed by atoms with Crippen LogP contribution >= 0.6 is 23.2 Å². The van der Waals surface area contributed by atoms with Crippen molar-refractivity contribution in [2.45, 2.75) is 5.88 Å². The Kier molecular flexibility index (Phi) is 2.38. The molecule has 1 aromatic carbocycles. The minimum absolute atomic E-state index is 0.516. The van der Waals surface area contributed by atoms with Gasteiger partial charge in [-0.2, -0.15) is 0 Å². The lowest BCUT2D eigenvalue weighted by Crippen LogP contribution is -1.81. The van der Waals surface area contributed by atoms with Crippen LogP contribution in [0.15, 0.2) is 30.5 Å². The summed E-state index contributed by atoms with van der Waals surface area (Å²) >= 11 is 11.5. The maximum Gasteiger partial charge on any atom is 0.0703 e. The van der Waals surface area contributed by atoms with Crippen molar-refractivity contribution in [3.8, 4) is 0 Å². The number of rotatable bonds is 1. The fourth-order valence-electron chi connectivity index (χ4n) is 1.24. The molecule has 2 aromatic rings. The summed E-state index contributed by atoms with van der Waals surface area (Å²) in [6, 6.07) is 7.81. The van der Waals surface area contributed by atoms with Crippen molar-refractivity contribution >= 4 is 34.1 Å². The van der Waals surface area contributed by atoms with Gasteiger partial charge in [0.2, 0.25) is 0 Å². The maximum atomic E-state index is 5.82. The van der Waals surface area contributed by atoms with E-state index in [-0.39, 0.29) is 0 Å². The Morgan fingerprint density at radius 2 is 2.08 bits per heavy atom. The number of hydrogen-bond donors (Lipinski definition) is 0. The van der Waals surface area contributed by atoms with Gasteiger partial charge < -0.3 is 0 Å². The summed E-state index contributed by atoms with van der Waals surface area (Å²) in [4.78, 5) is 4.18.